The van der Waals surface area contributed by atoms with Gasteiger partial charge >= 0.3 is 0 Å². The molecule has 19 heavy (non-hydrogen) atoms. The topological polar surface area (TPSA) is 50.4 Å². The third-order valence-corrected chi connectivity index (χ3v) is 2.66. The van der Waals surface area contributed by atoms with Crippen LogP contribution in [-0.4, -0.2) is 25.6 Å². The molecule has 106 valence electrons. The van der Waals surface area contributed by atoms with E-state index in [2.05, 4.69) is 16.7 Å². The lowest BCUT2D eigenvalue weighted by Crippen LogP contribution is -2.34. The van der Waals surface area contributed by atoms with Gasteiger partial charge in [-0.2, -0.15) is 0 Å². The van der Waals surface area contributed by atoms with Crippen molar-refractivity contribution in [3.05, 3.63) is 29.8 Å². The molecule has 0 saturated carbocycles. The number of hydrogen-bond donors (Lipinski definition) is 2. The number of amides is 1. The van der Waals surface area contributed by atoms with Crippen molar-refractivity contribution in [1.29, 1.82) is 0 Å². The summed E-state index contributed by atoms with van der Waals surface area (Å²) in [5.41, 5.74) is 1.18. The quantitative estimate of drug-likeness (QED) is 0.706. The fourth-order valence-corrected chi connectivity index (χ4v) is 1.62. The van der Waals surface area contributed by atoms with E-state index in [-0.39, 0.29) is 11.8 Å². The lowest BCUT2D eigenvalue weighted by Gasteiger charge is -2.09. The molecule has 0 radical (unpaired) electrons. The Morgan fingerprint density at radius 3 is 2.79 bits per heavy atom. The van der Waals surface area contributed by atoms with Crippen LogP contribution in [0.1, 0.15) is 26.3 Å². The second kappa shape index (κ2) is 8.53. The molecule has 0 atom stereocenters. The Balaban J connectivity index is 2.22. The Morgan fingerprint density at radius 1 is 1.32 bits per heavy atom. The van der Waals surface area contributed by atoms with E-state index in [0.29, 0.717) is 13.2 Å². The molecule has 1 aromatic rings. The van der Waals surface area contributed by atoms with E-state index in [0.717, 1.165) is 18.8 Å². The van der Waals surface area contributed by atoms with Crippen LogP contribution in [0, 0.1) is 5.92 Å². The largest absolute Gasteiger partial charge is 0.494 e. The number of carbonyl (C=O) groups excluding carboxylic acids is 1. The molecule has 0 aliphatic rings. The first-order chi connectivity index (χ1) is 9.13. The van der Waals surface area contributed by atoms with Crippen LogP contribution in [-0.2, 0) is 11.3 Å². The zero-order valence-corrected chi connectivity index (χ0v) is 12.0. The highest BCUT2D eigenvalue weighted by atomic mass is 16.5. The summed E-state index contributed by atoms with van der Waals surface area (Å²) in [5.74, 6) is 1.04. The van der Waals surface area contributed by atoms with Gasteiger partial charge in [-0.3, -0.25) is 4.79 Å². The Labute approximate surface area is 115 Å². The van der Waals surface area contributed by atoms with Crippen LogP contribution in [0.5, 0.6) is 5.75 Å². The van der Waals surface area contributed by atoms with Gasteiger partial charge in [0.05, 0.1) is 6.61 Å². The van der Waals surface area contributed by atoms with Crippen molar-refractivity contribution in [3.63, 3.8) is 0 Å². The Morgan fingerprint density at radius 2 is 2.11 bits per heavy atom. The Kier molecular flexibility index (Phi) is 6.97. The van der Waals surface area contributed by atoms with Gasteiger partial charge in [0.1, 0.15) is 5.75 Å². The molecule has 2 N–H and O–H groups in total. The number of carbonyl (C=O) groups is 1. The maximum atomic E-state index is 11.3. The summed E-state index contributed by atoms with van der Waals surface area (Å²) in [6.07, 6.45) is 0. The highest BCUT2D eigenvalue weighted by Crippen LogP contribution is 2.12. The highest BCUT2D eigenvalue weighted by molar-refractivity contribution is 5.77. The van der Waals surface area contributed by atoms with Crippen LogP contribution in [0.15, 0.2) is 24.3 Å². The predicted molar refractivity (Wildman–Crippen MR) is 77.2 cm³/mol. The third-order valence-electron chi connectivity index (χ3n) is 2.66. The number of hydrogen-bond acceptors (Lipinski definition) is 3. The summed E-state index contributed by atoms with van der Waals surface area (Å²) in [6, 6.07) is 8.03. The van der Waals surface area contributed by atoms with Gasteiger partial charge in [0.15, 0.2) is 0 Å². The van der Waals surface area contributed by atoms with Crippen LogP contribution in [0.4, 0.5) is 0 Å². The van der Waals surface area contributed by atoms with Crippen LogP contribution < -0.4 is 15.4 Å². The molecule has 0 spiro atoms. The SMILES string of the molecule is CCOc1cccc(CNCCNC(=O)C(C)C)c1. The second-order valence-corrected chi connectivity index (χ2v) is 4.70. The normalized spacial score (nSPS) is 10.5. The number of rotatable bonds is 8. The maximum absolute atomic E-state index is 11.3. The second-order valence-electron chi connectivity index (χ2n) is 4.70. The minimum absolute atomic E-state index is 0.0443. The lowest BCUT2D eigenvalue weighted by atomic mass is 10.2. The average Bonchev–Trinajstić information content (AvgIpc) is 2.39. The van der Waals surface area contributed by atoms with Gasteiger partial charge in [0.2, 0.25) is 5.91 Å². The third kappa shape index (κ3) is 6.25. The molecule has 0 unspecified atom stereocenters. The molecule has 4 nitrogen and oxygen atoms in total. The van der Waals surface area contributed by atoms with Gasteiger partial charge in [-0.1, -0.05) is 26.0 Å². The maximum Gasteiger partial charge on any atom is 0.222 e. The molecule has 0 heterocycles. The van der Waals surface area contributed by atoms with Gasteiger partial charge in [0, 0.05) is 25.6 Å². The summed E-state index contributed by atoms with van der Waals surface area (Å²) >= 11 is 0. The smallest absolute Gasteiger partial charge is 0.222 e. The van der Waals surface area contributed by atoms with Crippen molar-refractivity contribution in [2.45, 2.75) is 27.3 Å². The molecule has 0 aliphatic heterocycles. The Bertz CT molecular complexity index is 391. The van der Waals surface area contributed by atoms with E-state index < -0.39 is 0 Å². The van der Waals surface area contributed by atoms with E-state index in [1.165, 1.54) is 5.56 Å². The van der Waals surface area contributed by atoms with Gasteiger partial charge in [-0.25, -0.2) is 0 Å². The van der Waals surface area contributed by atoms with E-state index in [9.17, 15) is 4.79 Å². The molecule has 0 saturated heterocycles. The molecule has 0 aromatic heterocycles. The zero-order valence-electron chi connectivity index (χ0n) is 12.0. The van der Waals surface area contributed by atoms with Crippen LogP contribution in [0.25, 0.3) is 0 Å². The molecule has 1 aromatic carbocycles. The van der Waals surface area contributed by atoms with Gasteiger partial charge < -0.3 is 15.4 Å². The monoisotopic (exact) mass is 264 g/mol. The fraction of sp³-hybridized carbons (Fsp3) is 0.533. The van der Waals surface area contributed by atoms with Crippen molar-refractivity contribution < 1.29 is 9.53 Å². The average molecular weight is 264 g/mol. The molecule has 0 bridgehead atoms. The highest BCUT2D eigenvalue weighted by Gasteiger charge is 2.04. The van der Waals surface area contributed by atoms with Crippen LogP contribution >= 0.6 is 0 Å². The van der Waals surface area contributed by atoms with Crippen molar-refractivity contribution in [3.8, 4) is 5.75 Å². The summed E-state index contributed by atoms with van der Waals surface area (Å²) in [7, 11) is 0. The zero-order chi connectivity index (χ0) is 14.1. The van der Waals surface area contributed by atoms with Crippen molar-refractivity contribution >= 4 is 5.91 Å². The predicted octanol–water partition coefficient (Wildman–Crippen LogP) is 1.95. The van der Waals surface area contributed by atoms with Crippen LogP contribution in [0.2, 0.25) is 0 Å². The van der Waals surface area contributed by atoms with Gasteiger partial charge in [-0.05, 0) is 24.6 Å². The van der Waals surface area contributed by atoms with E-state index in [4.69, 9.17) is 4.74 Å². The van der Waals surface area contributed by atoms with E-state index in [1.807, 2.05) is 39.0 Å². The summed E-state index contributed by atoms with van der Waals surface area (Å²) in [4.78, 5) is 11.3. The number of ether oxygens (including phenoxy) is 1. The first-order valence-corrected chi connectivity index (χ1v) is 6.83. The molecular formula is C15H24N2O2. The van der Waals surface area contributed by atoms with Crippen molar-refractivity contribution in [1.82, 2.24) is 10.6 Å². The van der Waals surface area contributed by atoms with E-state index in [1.54, 1.807) is 0 Å². The molecule has 1 amide bonds. The van der Waals surface area contributed by atoms with Gasteiger partial charge in [-0.15, -0.1) is 0 Å². The fourth-order valence-electron chi connectivity index (χ4n) is 1.62. The lowest BCUT2D eigenvalue weighted by molar-refractivity contribution is -0.123. The molecule has 0 fully saturated rings. The number of benzene rings is 1. The van der Waals surface area contributed by atoms with Gasteiger partial charge in [0.25, 0.3) is 0 Å². The van der Waals surface area contributed by atoms with Crippen LogP contribution in [0.3, 0.4) is 0 Å². The molecule has 4 heteroatoms. The van der Waals surface area contributed by atoms with Crippen molar-refractivity contribution in [2.75, 3.05) is 19.7 Å². The first-order valence-electron chi connectivity index (χ1n) is 6.83. The Hall–Kier alpha value is -1.55. The molecule has 1 rings (SSSR count). The minimum Gasteiger partial charge on any atom is -0.494 e. The minimum atomic E-state index is 0.0443. The first kappa shape index (κ1) is 15.5. The molecule has 0 aliphatic carbocycles. The van der Waals surface area contributed by atoms with Crippen molar-refractivity contribution in [2.24, 2.45) is 5.92 Å². The summed E-state index contributed by atoms with van der Waals surface area (Å²) in [5, 5.41) is 6.17. The number of nitrogens with one attached hydrogen (secondary N) is 2. The molecular weight excluding hydrogens is 240 g/mol. The standard InChI is InChI=1S/C15H24N2O2/c1-4-19-14-7-5-6-13(10-14)11-16-8-9-17-15(18)12(2)3/h5-7,10,12,16H,4,8-9,11H2,1-3H3,(H,17,18). The van der Waals surface area contributed by atoms with E-state index >= 15 is 0 Å². The summed E-state index contributed by atoms with van der Waals surface area (Å²) in [6.45, 7) is 8.63. The summed E-state index contributed by atoms with van der Waals surface area (Å²) < 4.78 is 5.45.